The van der Waals surface area contributed by atoms with Gasteiger partial charge in [0.05, 0.1) is 0 Å². The van der Waals surface area contributed by atoms with Crippen LogP contribution in [0, 0.1) is 0 Å². The van der Waals surface area contributed by atoms with E-state index in [9.17, 15) is 0 Å². The van der Waals surface area contributed by atoms with Gasteiger partial charge < -0.3 is 0 Å². The van der Waals surface area contributed by atoms with E-state index in [1.165, 1.54) is 0 Å². The van der Waals surface area contributed by atoms with Gasteiger partial charge >= 0.3 is 79.9 Å². The molecule has 0 amide bonds. The third-order valence-electron chi connectivity index (χ3n) is 0.479. The fourth-order valence-corrected chi connectivity index (χ4v) is 6.13. The fourth-order valence-electron chi connectivity index (χ4n) is 0.210. The van der Waals surface area contributed by atoms with E-state index in [2.05, 4.69) is 0 Å². The first-order valence-electron chi connectivity index (χ1n) is 2.23. The van der Waals surface area contributed by atoms with Gasteiger partial charge in [-0.15, -0.1) is 0 Å². The molecule has 8 heteroatoms. The molecule has 1 nitrogen and oxygen atoms in total. The number of rotatable bonds is 1. The van der Waals surface area contributed by atoms with E-state index in [4.69, 9.17) is 44.3 Å². The van der Waals surface area contributed by atoms with E-state index in [0.717, 1.165) is 0 Å². The van der Waals surface area contributed by atoms with Crippen molar-refractivity contribution in [2.45, 2.75) is 6.92 Å². The van der Waals surface area contributed by atoms with Crippen molar-refractivity contribution < 1.29 is 4.18 Å². The molecular formula is C2H5BOS6. The Morgan fingerprint density at radius 1 is 1.40 bits per heavy atom. The van der Waals surface area contributed by atoms with Gasteiger partial charge in [-0.25, -0.2) is 0 Å². The van der Waals surface area contributed by atoms with Crippen LogP contribution in [0.5, 0.6) is 0 Å². The summed E-state index contributed by atoms with van der Waals surface area (Å²) < 4.78 is 5.05. The molecule has 0 aromatic carbocycles. The molecule has 0 bridgehead atoms. The molecule has 0 unspecified atom stereocenters. The zero-order valence-corrected chi connectivity index (χ0v) is 10.0. The van der Waals surface area contributed by atoms with Gasteiger partial charge in [0.2, 0.25) is 0 Å². The van der Waals surface area contributed by atoms with Crippen molar-refractivity contribution >= 4 is 62.2 Å². The zero-order chi connectivity index (χ0) is 8.15. The summed E-state index contributed by atoms with van der Waals surface area (Å²) in [7, 11) is -0.698. The van der Waals surface area contributed by atoms with Crippen LogP contribution in [0.2, 0.25) is 0 Å². The van der Waals surface area contributed by atoms with E-state index in [-0.39, 0.29) is 0 Å². The molecule has 0 spiro atoms. The molecule has 0 aliphatic heterocycles. The Kier molecular flexibility index (Phi) is 6.73. The van der Waals surface area contributed by atoms with Crippen molar-refractivity contribution in [1.82, 2.24) is 0 Å². The summed E-state index contributed by atoms with van der Waals surface area (Å²) >= 11 is 14.5. The van der Waals surface area contributed by atoms with Gasteiger partial charge in [-0.2, -0.15) is 0 Å². The molecule has 0 radical (unpaired) electrons. The second-order valence-corrected chi connectivity index (χ2v) is 13.4. The first kappa shape index (κ1) is 11.3. The summed E-state index contributed by atoms with van der Waals surface area (Å²) in [5.41, 5.74) is 0. The van der Waals surface area contributed by atoms with Crippen molar-refractivity contribution in [3.05, 3.63) is 0 Å². The Labute approximate surface area is 79.3 Å². The summed E-state index contributed by atoms with van der Waals surface area (Å²) in [6, 6.07) is 0. The Hall–Kier alpha value is 1.34. The molecule has 0 atom stereocenters. The van der Waals surface area contributed by atoms with Gasteiger partial charge in [-0.3, -0.25) is 0 Å². The predicted molar refractivity (Wildman–Crippen MR) is 61.6 cm³/mol. The quantitative estimate of drug-likeness (QED) is 0.608. The predicted octanol–water partition coefficient (Wildman–Crippen LogP) is 0.0920. The van der Waals surface area contributed by atoms with Crippen molar-refractivity contribution in [2.75, 3.05) is 6.61 Å². The van der Waals surface area contributed by atoms with E-state index in [0.29, 0.717) is 6.61 Å². The minimum absolute atomic E-state index is 0.542. The molecule has 58 valence electrons. The van der Waals surface area contributed by atoms with Crippen LogP contribution < -0.4 is 0 Å². The Morgan fingerprint density at radius 2 is 1.90 bits per heavy atom. The van der Waals surface area contributed by atoms with Gasteiger partial charge in [0.15, 0.2) is 0 Å². The van der Waals surface area contributed by atoms with E-state index in [1.807, 2.05) is 6.92 Å². The van der Waals surface area contributed by atoms with Crippen LogP contribution in [0.4, 0.5) is 0 Å². The van der Waals surface area contributed by atoms with Gasteiger partial charge in [-0.05, 0) is 0 Å². The molecule has 0 N–H and O–H groups in total. The average molecular weight is 248 g/mol. The Balaban J connectivity index is 5.45. The van der Waals surface area contributed by atoms with Gasteiger partial charge in [0.25, 0.3) is 0 Å². The third kappa shape index (κ3) is 4.27. The third-order valence-corrected chi connectivity index (χ3v) is 13.6. The van der Waals surface area contributed by atoms with Crippen LogP contribution in [0.15, 0.2) is 0 Å². The molecule has 10 heavy (non-hydrogen) atoms. The van der Waals surface area contributed by atoms with Crippen LogP contribution in [-0.4, -0.2) is 13.1 Å². The first-order chi connectivity index (χ1) is 4.59. The van der Waals surface area contributed by atoms with Crippen LogP contribution in [0.3, 0.4) is 0 Å². The van der Waals surface area contributed by atoms with E-state index >= 15 is 0 Å². The zero-order valence-electron chi connectivity index (χ0n) is 5.14. The summed E-state index contributed by atoms with van der Waals surface area (Å²) in [6.45, 7) is 6.79. The minimum atomic E-state index is -0.698. The number of hydrogen-bond donors (Lipinski definition) is 0. The molecule has 0 saturated heterocycles. The molecule has 0 aromatic rings. The van der Waals surface area contributed by atoms with Crippen molar-refractivity contribution in [3.63, 3.8) is 0 Å². The molecule has 0 aliphatic rings. The fraction of sp³-hybridized carbons (Fsp3) is 1.00. The summed E-state index contributed by atoms with van der Waals surface area (Å²) in [6.07, 6.45) is 0. The summed E-state index contributed by atoms with van der Waals surface area (Å²) in [5.74, 6) is 0. The second-order valence-electron chi connectivity index (χ2n) is 1.08. The van der Waals surface area contributed by atoms with Crippen LogP contribution in [0.25, 0.3) is 0 Å². The van der Waals surface area contributed by atoms with Crippen LogP contribution >= 0.6 is 0 Å². The first-order valence-corrected chi connectivity index (χ1v) is 9.70. The molecule has 0 saturated carbocycles. The standard InChI is InChI=1S/C2H5BOS6/c1-2-4-8(3)10(7)9(5)6/h2H2,1H3. The van der Waals surface area contributed by atoms with Gasteiger partial charge in [0.1, 0.15) is 0 Å². The molecule has 0 aromatic heterocycles. The topological polar surface area (TPSA) is 9.23 Å². The molecule has 0 heterocycles. The van der Waals surface area contributed by atoms with E-state index in [1.54, 1.807) is 0 Å². The van der Waals surface area contributed by atoms with Crippen LogP contribution in [0.1, 0.15) is 6.92 Å². The molecule has 0 aliphatic carbocycles. The second kappa shape index (κ2) is 5.93. The molecular weight excluding hydrogens is 243 g/mol. The number of hydrogen-bond acceptors (Lipinski definition) is 4. The van der Waals surface area contributed by atoms with Crippen molar-refractivity contribution in [3.8, 4) is 0 Å². The Bertz CT molecular complexity index is 425. The SMILES string of the molecule is B#S(OCC)=S(=S)=S(=S)=S. The Morgan fingerprint density at radius 3 is 2.20 bits per heavy atom. The van der Waals surface area contributed by atoms with E-state index < -0.39 is 22.1 Å². The van der Waals surface area contributed by atoms with Gasteiger partial charge in [-0.1, -0.05) is 0 Å². The van der Waals surface area contributed by atoms with Gasteiger partial charge in [0, 0.05) is 0 Å². The maximum atomic E-state index is 5.52. The monoisotopic (exact) mass is 248 g/mol. The van der Waals surface area contributed by atoms with Crippen molar-refractivity contribution in [1.29, 1.82) is 0 Å². The summed E-state index contributed by atoms with van der Waals surface area (Å²) in [5, 5.41) is 0. The molecule has 0 fully saturated rings. The normalized spacial score (nSPS) is 9.10. The average Bonchev–Trinajstić information content (AvgIpc) is 1.87. The maximum absolute atomic E-state index is 5.52. The summed E-state index contributed by atoms with van der Waals surface area (Å²) in [4.78, 5) is 0. The molecule has 0 rings (SSSR count). The van der Waals surface area contributed by atoms with Crippen LogP contribution in [-0.2, 0) is 59.9 Å². The van der Waals surface area contributed by atoms with Crippen molar-refractivity contribution in [2.24, 2.45) is 0 Å².